The molecule has 0 heterocycles. The SMILES string of the molecule is CC(C)(CS(=O)(=O)Cl)OCc1ccccc1. The molecular formula is C11H15ClO3S. The summed E-state index contributed by atoms with van der Waals surface area (Å²) in [5.41, 5.74) is 0.221. The van der Waals surface area contributed by atoms with Crippen molar-refractivity contribution in [2.24, 2.45) is 0 Å². The molecule has 0 amide bonds. The van der Waals surface area contributed by atoms with Crippen molar-refractivity contribution in [2.75, 3.05) is 5.75 Å². The van der Waals surface area contributed by atoms with Gasteiger partial charge >= 0.3 is 0 Å². The van der Waals surface area contributed by atoms with Crippen molar-refractivity contribution in [3.63, 3.8) is 0 Å². The molecule has 0 spiro atoms. The summed E-state index contributed by atoms with van der Waals surface area (Å²) < 4.78 is 27.4. The molecule has 0 aliphatic heterocycles. The fraction of sp³-hybridized carbons (Fsp3) is 0.455. The summed E-state index contributed by atoms with van der Waals surface area (Å²) in [6.45, 7) is 3.78. The first-order valence-corrected chi connectivity index (χ1v) is 7.37. The maximum atomic E-state index is 10.9. The Kier molecular flexibility index (Phi) is 4.35. The van der Waals surface area contributed by atoms with Gasteiger partial charge < -0.3 is 4.74 Å². The molecule has 1 aromatic carbocycles. The van der Waals surface area contributed by atoms with E-state index < -0.39 is 14.7 Å². The first-order valence-electron chi connectivity index (χ1n) is 4.89. The first-order chi connectivity index (χ1) is 7.29. The van der Waals surface area contributed by atoms with E-state index in [-0.39, 0.29) is 5.75 Å². The van der Waals surface area contributed by atoms with E-state index in [2.05, 4.69) is 0 Å². The fourth-order valence-electron chi connectivity index (χ4n) is 1.31. The average Bonchev–Trinajstić information content (AvgIpc) is 2.13. The van der Waals surface area contributed by atoms with Gasteiger partial charge in [-0.25, -0.2) is 8.42 Å². The zero-order valence-electron chi connectivity index (χ0n) is 9.31. The quantitative estimate of drug-likeness (QED) is 0.766. The maximum Gasteiger partial charge on any atom is 0.235 e. The average molecular weight is 263 g/mol. The third kappa shape index (κ3) is 5.49. The van der Waals surface area contributed by atoms with Crippen LogP contribution in [0.3, 0.4) is 0 Å². The van der Waals surface area contributed by atoms with Crippen LogP contribution in [-0.4, -0.2) is 19.8 Å². The van der Waals surface area contributed by atoms with E-state index in [4.69, 9.17) is 15.4 Å². The number of rotatable bonds is 5. The predicted octanol–water partition coefficient (Wildman–Crippen LogP) is 2.55. The third-order valence-electron chi connectivity index (χ3n) is 1.99. The minimum Gasteiger partial charge on any atom is -0.370 e. The Morgan fingerprint density at radius 1 is 1.25 bits per heavy atom. The normalized spacial score (nSPS) is 12.7. The molecule has 0 bridgehead atoms. The van der Waals surface area contributed by atoms with Crippen LogP contribution < -0.4 is 0 Å². The van der Waals surface area contributed by atoms with Crippen molar-refractivity contribution in [2.45, 2.75) is 26.1 Å². The summed E-state index contributed by atoms with van der Waals surface area (Å²) in [6.07, 6.45) is 0. The van der Waals surface area contributed by atoms with Crippen LogP contribution in [0.2, 0.25) is 0 Å². The van der Waals surface area contributed by atoms with Gasteiger partial charge in [-0.15, -0.1) is 0 Å². The third-order valence-corrected chi connectivity index (χ3v) is 3.36. The van der Waals surface area contributed by atoms with Crippen LogP contribution in [0.5, 0.6) is 0 Å². The zero-order valence-corrected chi connectivity index (χ0v) is 10.9. The second-order valence-corrected chi connectivity index (χ2v) is 6.99. The number of ether oxygens (including phenoxy) is 1. The van der Waals surface area contributed by atoms with Crippen molar-refractivity contribution in [1.29, 1.82) is 0 Å². The van der Waals surface area contributed by atoms with Crippen LogP contribution >= 0.6 is 10.7 Å². The monoisotopic (exact) mass is 262 g/mol. The van der Waals surface area contributed by atoms with Crippen molar-refractivity contribution < 1.29 is 13.2 Å². The molecule has 16 heavy (non-hydrogen) atoms. The van der Waals surface area contributed by atoms with Gasteiger partial charge in [0, 0.05) is 10.7 Å². The van der Waals surface area contributed by atoms with E-state index in [0.717, 1.165) is 5.56 Å². The molecule has 0 aliphatic carbocycles. The lowest BCUT2D eigenvalue weighted by Gasteiger charge is -2.23. The van der Waals surface area contributed by atoms with Crippen molar-refractivity contribution >= 4 is 19.7 Å². The smallest absolute Gasteiger partial charge is 0.235 e. The maximum absolute atomic E-state index is 10.9. The summed E-state index contributed by atoms with van der Waals surface area (Å²) in [5.74, 6) is -0.200. The van der Waals surface area contributed by atoms with Crippen LogP contribution in [0.25, 0.3) is 0 Å². The minimum atomic E-state index is -3.54. The van der Waals surface area contributed by atoms with Gasteiger partial charge in [0.25, 0.3) is 0 Å². The Labute approximate surface area is 101 Å². The highest BCUT2D eigenvalue weighted by Crippen LogP contribution is 2.17. The molecular weight excluding hydrogens is 248 g/mol. The summed E-state index contributed by atoms with van der Waals surface area (Å²) in [5, 5.41) is 0. The van der Waals surface area contributed by atoms with Crippen LogP contribution in [0.15, 0.2) is 30.3 Å². The van der Waals surface area contributed by atoms with Crippen LogP contribution in [0.4, 0.5) is 0 Å². The molecule has 0 fully saturated rings. The lowest BCUT2D eigenvalue weighted by atomic mass is 10.2. The lowest BCUT2D eigenvalue weighted by molar-refractivity contribution is -0.0121. The Morgan fingerprint density at radius 3 is 2.31 bits per heavy atom. The molecule has 0 saturated carbocycles. The van der Waals surface area contributed by atoms with Crippen LogP contribution in [0, 0.1) is 0 Å². The molecule has 5 heteroatoms. The van der Waals surface area contributed by atoms with Gasteiger partial charge in [-0.05, 0) is 19.4 Å². The molecule has 90 valence electrons. The number of halogens is 1. The highest BCUT2D eigenvalue weighted by Gasteiger charge is 2.25. The minimum absolute atomic E-state index is 0.200. The Morgan fingerprint density at radius 2 is 1.81 bits per heavy atom. The van der Waals surface area contributed by atoms with Crippen molar-refractivity contribution in [1.82, 2.24) is 0 Å². The van der Waals surface area contributed by atoms with Gasteiger partial charge in [0.2, 0.25) is 9.05 Å². The molecule has 0 aromatic heterocycles. The molecule has 0 aliphatic rings. The van der Waals surface area contributed by atoms with Gasteiger partial charge in [0.05, 0.1) is 18.0 Å². The zero-order chi connectivity index (χ0) is 12.2. The van der Waals surface area contributed by atoms with Crippen molar-refractivity contribution in [3.05, 3.63) is 35.9 Å². The molecule has 0 unspecified atom stereocenters. The fourth-order valence-corrected chi connectivity index (χ4v) is 3.01. The van der Waals surface area contributed by atoms with Gasteiger partial charge in [-0.2, -0.15) is 0 Å². The van der Waals surface area contributed by atoms with E-state index in [1.54, 1.807) is 13.8 Å². The molecule has 0 radical (unpaired) electrons. The van der Waals surface area contributed by atoms with Gasteiger partial charge in [0.15, 0.2) is 0 Å². The summed E-state index contributed by atoms with van der Waals surface area (Å²) >= 11 is 0. The van der Waals surface area contributed by atoms with Gasteiger partial charge in [-0.3, -0.25) is 0 Å². The number of hydrogen-bond donors (Lipinski definition) is 0. The predicted molar refractivity (Wildman–Crippen MR) is 64.9 cm³/mol. The Bertz CT molecular complexity index is 426. The largest absolute Gasteiger partial charge is 0.370 e. The topological polar surface area (TPSA) is 43.4 Å². The molecule has 3 nitrogen and oxygen atoms in total. The first kappa shape index (κ1) is 13.5. The number of hydrogen-bond acceptors (Lipinski definition) is 3. The lowest BCUT2D eigenvalue weighted by Crippen LogP contribution is -2.31. The summed E-state index contributed by atoms with van der Waals surface area (Å²) in [7, 11) is 1.65. The van der Waals surface area contributed by atoms with Crippen molar-refractivity contribution in [3.8, 4) is 0 Å². The highest BCUT2D eigenvalue weighted by molar-refractivity contribution is 8.13. The van der Waals surface area contributed by atoms with E-state index >= 15 is 0 Å². The van der Waals surface area contributed by atoms with Crippen LogP contribution in [0.1, 0.15) is 19.4 Å². The second kappa shape index (κ2) is 5.17. The summed E-state index contributed by atoms with van der Waals surface area (Å²) in [4.78, 5) is 0. The molecule has 0 atom stereocenters. The standard InChI is InChI=1S/C11H15ClO3S/c1-11(2,9-16(12,13)14)15-8-10-6-4-3-5-7-10/h3-7H,8-9H2,1-2H3. The Hall–Kier alpha value is -0.580. The molecule has 1 rings (SSSR count). The number of benzene rings is 1. The second-order valence-electron chi connectivity index (χ2n) is 4.22. The summed E-state index contributed by atoms with van der Waals surface area (Å²) in [6, 6.07) is 9.57. The van der Waals surface area contributed by atoms with Crippen LogP contribution in [-0.2, 0) is 20.4 Å². The van der Waals surface area contributed by atoms with Gasteiger partial charge in [0.1, 0.15) is 0 Å². The van der Waals surface area contributed by atoms with Gasteiger partial charge in [-0.1, -0.05) is 30.3 Å². The molecule has 1 aromatic rings. The molecule has 0 N–H and O–H groups in total. The highest BCUT2D eigenvalue weighted by atomic mass is 35.7. The molecule has 0 saturated heterocycles. The Balaban J connectivity index is 2.55. The van der Waals surface area contributed by atoms with E-state index in [0.29, 0.717) is 6.61 Å². The van der Waals surface area contributed by atoms with E-state index in [1.165, 1.54) is 0 Å². The van der Waals surface area contributed by atoms with E-state index in [9.17, 15) is 8.42 Å². The van der Waals surface area contributed by atoms with E-state index in [1.807, 2.05) is 30.3 Å².